The molecule has 1 aromatic heterocycles. The Bertz CT molecular complexity index is 1310. The fourth-order valence-corrected chi connectivity index (χ4v) is 8.12. The quantitative estimate of drug-likeness (QED) is 0.329. The summed E-state index contributed by atoms with van der Waals surface area (Å²) < 4.78 is 15.2. The fraction of sp³-hybridized carbons (Fsp3) is 0.694. The molecule has 1 aromatic carbocycles. The molecule has 2 aromatic rings. The highest BCUT2D eigenvalue weighted by atomic mass is 32.1. The highest BCUT2D eigenvalue weighted by Crippen LogP contribution is 2.26. The third kappa shape index (κ3) is 11.6. The van der Waals surface area contributed by atoms with Crippen LogP contribution in [-0.4, -0.2) is 124 Å². The molecule has 5 aliphatic heterocycles. The van der Waals surface area contributed by atoms with Gasteiger partial charge in [0.2, 0.25) is 0 Å². The van der Waals surface area contributed by atoms with Gasteiger partial charge < -0.3 is 25.0 Å². The largest absolute Gasteiger partial charge is 0.480 e. The first-order valence-corrected chi connectivity index (χ1v) is 18.9. The van der Waals surface area contributed by atoms with E-state index in [1.807, 2.05) is 30.3 Å². The van der Waals surface area contributed by atoms with Crippen LogP contribution in [0.2, 0.25) is 0 Å². The van der Waals surface area contributed by atoms with Crippen molar-refractivity contribution in [2.24, 2.45) is 11.8 Å². The van der Waals surface area contributed by atoms with E-state index in [9.17, 15) is 14.4 Å². The summed E-state index contributed by atoms with van der Waals surface area (Å²) in [6.45, 7) is 8.25. The van der Waals surface area contributed by atoms with Crippen molar-refractivity contribution in [3.63, 3.8) is 0 Å². The number of aliphatic carboxylic acids is 2. The van der Waals surface area contributed by atoms with Crippen molar-refractivity contribution in [1.82, 2.24) is 24.5 Å². The van der Waals surface area contributed by atoms with Crippen LogP contribution < -0.4 is 5.32 Å². The number of rotatable bonds is 10. The maximum absolute atomic E-state index is 12.9. The number of ether oxygens (including phenoxy) is 2. The zero-order chi connectivity index (χ0) is 34.4. The minimum atomic E-state index is -0.720. The molecule has 0 saturated carbocycles. The molecule has 3 atom stereocenters. The van der Waals surface area contributed by atoms with Crippen molar-refractivity contribution in [3.05, 3.63) is 35.3 Å². The molecule has 5 fully saturated rings. The number of aromatic nitrogens is 2. The summed E-state index contributed by atoms with van der Waals surface area (Å²) in [6.07, 6.45) is 10.5. The predicted molar refractivity (Wildman–Crippen MR) is 187 cm³/mol. The lowest BCUT2D eigenvalue weighted by molar-refractivity contribution is -0.142. The number of carboxylic acids is 2. The number of carboxylic acid groups (broad SMARTS) is 2. The number of hydrogen-bond acceptors (Lipinski definition) is 11. The summed E-state index contributed by atoms with van der Waals surface area (Å²) in [5.74, 6) is 0.957. The van der Waals surface area contributed by atoms with Crippen LogP contribution in [0.1, 0.15) is 69.2 Å². The van der Waals surface area contributed by atoms with Gasteiger partial charge in [0.1, 0.15) is 17.1 Å². The molecule has 49 heavy (non-hydrogen) atoms. The normalized spacial score (nSPS) is 25.3. The Morgan fingerprint density at radius 2 is 1.37 bits per heavy atom. The van der Waals surface area contributed by atoms with Crippen LogP contribution in [0.4, 0.5) is 0 Å². The summed E-state index contributed by atoms with van der Waals surface area (Å²) in [7, 11) is 0. The molecule has 5 saturated heterocycles. The molecular weight excluding hydrogens is 646 g/mol. The van der Waals surface area contributed by atoms with Gasteiger partial charge in [-0.3, -0.25) is 24.2 Å². The molecule has 0 unspecified atom stereocenters. The average Bonchev–Trinajstić information content (AvgIpc) is 3.95. The molecule has 6 heterocycles. The van der Waals surface area contributed by atoms with E-state index in [0.29, 0.717) is 24.0 Å². The van der Waals surface area contributed by atoms with Gasteiger partial charge in [-0.15, -0.1) is 0 Å². The van der Waals surface area contributed by atoms with Gasteiger partial charge in [-0.25, -0.2) is 4.98 Å². The zero-order valence-corrected chi connectivity index (χ0v) is 29.4. The smallest absolute Gasteiger partial charge is 0.320 e. The lowest BCUT2D eigenvalue weighted by Gasteiger charge is -2.30. The molecule has 7 rings (SSSR count). The molecule has 0 radical (unpaired) electrons. The van der Waals surface area contributed by atoms with E-state index in [0.717, 1.165) is 140 Å². The molecule has 3 N–H and O–H groups in total. The molecule has 12 nitrogen and oxygen atoms in total. The predicted octanol–water partition coefficient (Wildman–Crippen LogP) is 3.99. The van der Waals surface area contributed by atoms with Gasteiger partial charge >= 0.3 is 11.9 Å². The Labute approximate surface area is 293 Å². The van der Waals surface area contributed by atoms with Gasteiger partial charge in [-0.2, -0.15) is 4.37 Å². The highest BCUT2D eigenvalue weighted by molar-refractivity contribution is 7.05. The van der Waals surface area contributed by atoms with Gasteiger partial charge in [-0.05, 0) is 107 Å². The zero-order valence-electron chi connectivity index (χ0n) is 28.5. The Kier molecular flexibility index (Phi) is 14.9. The van der Waals surface area contributed by atoms with Crippen LogP contribution in [0, 0.1) is 11.8 Å². The van der Waals surface area contributed by atoms with E-state index in [4.69, 9.17) is 19.7 Å². The minimum Gasteiger partial charge on any atom is -0.480 e. The SMILES string of the molecule is O=C(Cc1nc(-c2ccccc2)ns1)[C@@H]1CCCN1CC1CCOCC1.O=C(O)[C@@H]1CCCN1.O=C(O)[C@@H]1CCCN1CC1CCOCC1. The second kappa shape index (κ2) is 19.5. The van der Waals surface area contributed by atoms with E-state index in [-0.39, 0.29) is 18.1 Å². The maximum atomic E-state index is 12.9. The van der Waals surface area contributed by atoms with Crippen LogP contribution >= 0.6 is 11.5 Å². The monoisotopic (exact) mass is 699 g/mol. The number of ketones is 1. The summed E-state index contributed by atoms with van der Waals surface area (Å²) >= 11 is 1.35. The molecule has 5 aliphatic rings. The Morgan fingerprint density at radius 3 is 1.90 bits per heavy atom. The average molecular weight is 700 g/mol. The summed E-state index contributed by atoms with van der Waals surface area (Å²) in [6, 6.07) is 9.50. The number of Topliss-reactive ketones (excluding diaryl/α,β-unsaturated/α-hetero) is 1. The van der Waals surface area contributed by atoms with E-state index < -0.39 is 11.9 Å². The first-order chi connectivity index (χ1) is 23.9. The van der Waals surface area contributed by atoms with Crippen molar-refractivity contribution in [2.75, 3.05) is 59.2 Å². The van der Waals surface area contributed by atoms with Gasteiger partial charge in [-0.1, -0.05) is 30.3 Å². The summed E-state index contributed by atoms with van der Waals surface area (Å²) in [5, 5.41) is 21.1. The second-order valence-electron chi connectivity index (χ2n) is 13.8. The molecule has 270 valence electrons. The molecule has 0 bridgehead atoms. The third-order valence-electron chi connectivity index (χ3n) is 10.2. The van der Waals surface area contributed by atoms with Crippen LogP contribution in [-0.2, 0) is 30.3 Å². The maximum Gasteiger partial charge on any atom is 0.320 e. The Balaban J connectivity index is 0.000000170. The first kappa shape index (κ1) is 37.4. The minimum absolute atomic E-state index is 0.0573. The third-order valence-corrected chi connectivity index (χ3v) is 10.9. The number of nitrogens with one attached hydrogen (secondary N) is 1. The molecular formula is C36H53N5O7S. The fourth-order valence-electron chi connectivity index (χ4n) is 7.45. The van der Waals surface area contributed by atoms with Crippen molar-refractivity contribution < 1.29 is 34.1 Å². The van der Waals surface area contributed by atoms with E-state index in [2.05, 4.69) is 24.5 Å². The number of nitrogens with zero attached hydrogens (tertiary/aromatic N) is 4. The molecule has 0 amide bonds. The topological polar surface area (TPSA) is 154 Å². The summed E-state index contributed by atoms with van der Waals surface area (Å²) in [5.41, 5.74) is 1.00. The summed E-state index contributed by atoms with van der Waals surface area (Å²) in [4.78, 5) is 43.1. The van der Waals surface area contributed by atoms with Crippen molar-refractivity contribution in [1.29, 1.82) is 0 Å². The van der Waals surface area contributed by atoms with Crippen LogP contribution in [0.3, 0.4) is 0 Å². The Morgan fingerprint density at radius 1 is 0.776 bits per heavy atom. The van der Waals surface area contributed by atoms with Crippen molar-refractivity contribution >= 4 is 29.3 Å². The van der Waals surface area contributed by atoms with E-state index in [1.54, 1.807) is 0 Å². The lowest BCUT2D eigenvalue weighted by atomic mass is 9.98. The number of carbonyl (C=O) groups is 3. The molecule has 0 spiro atoms. The van der Waals surface area contributed by atoms with Crippen LogP contribution in [0.15, 0.2) is 30.3 Å². The number of likely N-dealkylation sites (tertiary alicyclic amines) is 2. The van der Waals surface area contributed by atoms with E-state index in [1.165, 1.54) is 11.5 Å². The number of benzene rings is 1. The standard InChI is InChI=1S/C20H25N3O2S.C11H19NO3.C5H9NO2/c24-18(13-19-21-20(22-26-19)16-5-2-1-3-6-16)17-7-4-10-23(17)14-15-8-11-25-12-9-15;13-11(14)10-2-1-5-12(10)8-9-3-6-15-7-4-9;7-5(8)4-2-1-3-6-4/h1-3,5-6,15,17H,4,7-14H2;9-10H,1-8H2,(H,13,14);4,6H,1-3H2,(H,7,8)/t17-;10-;4-/m000/s1. The molecule has 13 heteroatoms. The van der Waals surface area contributed by atoms with Gasteiger partial charge in [0, 0.05) is 45.1 Å². The second-order valence-corrected chi connectivity index (χ2v) is 14.6. The highest BCUT2D eigenvalue weighted by Gasteiger charge is 2.33. The van der Waals surface area contributed by atoms with Gasteiger partial charge in [0.15, 0.2) is 11.6 Å². The van der Waals surface area contributed by atoms with Crippen LogP contribution in [0.5, 0.6) is 0 Å². The first-order valence-electron chi connectivity index (χ1n) is 18.1. The molecule has 0 aliphatic carbocycles. The Hall–Kier alpha value is -2.81. The number of hydrogen-bond donors (Lipinski definition) is 3. The number of carbonyl (C=O) groups excluding carboxylic acids is 1. The van der Waals surface area contributed by atoms with E-state index >= 15 is 0 Å². The van der Waals surface area contributed by atoms with Gasteiger partial charge in [0.25, 0.3) is 0 Å². The van der Waals surface area contributed by atoms with Crippen LogP contribution in [0.25, 0.3) is 11.4 Å². The lowest BCUT2D eigenvalue weighted by Crippen LogP contribution is -2.40. The van der Waals surface area contributed by atoms with Crippen molar-refractivity contribution in [2.45, 2.75) is 88.8 Å². The van der Waals surface area contributed by atoms with Gasteiger partial charge in [0.05, 0.1) is 12.5 Å². The van der Waals surface area contributed by atoms with Crippen molar-refractivity contribution in [3.8, 4) is 11.4 Å².